The van der Waals surface area contributed by atoms with Crippen molar-refractivity contribution in [2.24, 2.45) is 5.92 Å². The van der Waals surface area contributed by atoms with E-state index in [9.17, 15) is 33.6 Å². The normalized spacial score (nSPS) is 22.5. The molecule has 5 unspecified atom stereocenters. The standard InChI is InChI=1S/C19H31N3O5.C18H23NO5/c1-13(12-23)20-16(24)14-8-5-6-10-21(14)17(25)15-9-7-11-22(15)18(26)27-19(2,3)4;1-13-10-15(19(2)11-13)18(22)23-9-8-17(21)24-12-16(20)14-6-4-3-5-7-14/h12-15H,5-11H2,1-4H3,(H,20,24);3-7,13,15H,8-12H2,1-2H3. The van der Waals surface area contributed by atoms with Gasteiger partial charge in [0.25, 0.3) is 0 Å². The number of carbonyl (C=O) groups excluding carboxylic acids is 7. The first kappa shape index (κ1) is 41.1. The number of Topliss-reactive ketones (excluding diaryl/α,β-unsaturated/α-hetero) is 1. The molecule has 5 atom stereocenters. The number of hydrogen-bond acceptors (Lipinski definition) is 11. The van der Waals surface area contributed by atoms with Crippen LogP contribution in [0.4, 0.5) is 4.79 Å². The third-order valence-electron chi connectivity index (χ3n) is 8.87. The van der Waals surface area contributed by atoms with Crippen LogP contribution < -0.4 is 5.32 Å². The molecule has 0 saturated carbocycles. The summed E-state index contributed by atoms with van der Waals surface area (Å²) in [4.78, 5) is 89.4. The molecule has 0 aromatic heterocycles. The summed E-state index contributed by atoms with van der Waals surface area (Å²) in [7, 11) is 1.89. The van der Waals surface area contributed by atoms with Gasteiger partial charge in [0.05, 0.1) is 12.5 Å². The number of nitrogens with one attached hydrogen (secondary N) is 1. The summed E-state index contributed by atoms with van der Waals surface area (Å²) in [6.45, 7) is 10.5. The molecule has 3 aliphatic rings. The van der Waals surface area contributed by atoms with Gasteiger partial charge in [-0.1, -0.05) is 37.3 Å². The molecule has 1 N–H and O–H groups in total. The van der Waals surface area contributed by atoms with E-state index in [1.54, 1.807) is 62.9 Å². The molecule has 0 aliphatic carbocycles. The van der Waals surface area contributed by atoms with Crippen molar-refractivity contribution in [1.82, 2.24) is 20.0 Å². The summed E-state index contributed by atoms with van der Waals surface area (Å²) in [5, 5.41) is 2.63. The highest BCUT2D eigenvalue weighted by Gasteiger charge is 2.42. The second-order valence-electron chi connectivity index (χ2n) is 14.5. The Morgan fingerprint density at radius 2 is 1.59 bits per heavy atom. The van der Waals surface area contributed by atoms with E-state index < -0.39 is 35.8 Å². The lowest BCUT2D eigenvalue weighted by atomic mass is 9.99. The van der Waals surface area contributed by atoms with Gasteiger partial charge in [-0.25, -0.2) is 4.79 Å². The molecule has 0 radical (unpaired) electrons. The van der Waals surface area contributed by atoms with Crippen LogP contribution in [0.15, 0.2) is 30.3 Å². The van der Waals surface area contributed by atoms with Crippen LogP contribution in [0.25, 0.3) is 0 Å². The van der Waals surface area contributed by atoms with Gasteiger partial charge in [0.2, 0.25) is 11.8 Å². The minimum absolute atomic E-state index is 0.0318. The largest absolute Gasteiger partial charge is 0.464 e. The molecule has 14 heteroatoms. The van der Waals surface area contributed by atoms with Gasteiger partial charge in [0.1, 0.15) is 36.6 Å². The predicted molar refractivity (Wildman–Crippen MR) is 186 cm³/mol. The van der Waals surface area contributed by atoms with Crippen LogP contribution >= 0.6 is 0 Å². The van der Waals surface area contributed by atoms with Gasteiger partial charge in [-0.15, -0.1) is 0 Å². The Morgan fingerprint density at radius 3 is 2.22 bits per heavy atom. The highest BCUT2D eigenvalue weighted by atomic mass is 16.6. The van der Waals surface area contributed by atoms with Crippen molar-refractivity contribution >= 4 is 41.9 Å². The smallest absolute Gasteiger partial charge is 0.410 e. The van der Waals surface area contributed by atoms with Crippen molar-refractivity contribution in [2.75, 3.05) is 39.9 Å². The molecule has 3 fully saturated rings. The molecule has 14 nitrogen and oxygen atoms in total. The molecule has 3 aliphatic heterocycles. The van der Waals surface area contributed by atoms with Crippen LogP contribution in [-0.4, -0.2) is 126 Å². The SMILES string of the molecule is CC(C=O)NC(=O)C1CCCCN1C(=O)C1CCCN1C(=O)OC(C)(C)C.CC1CC(C(=O)OCCC(=O)OCC(=O)c2ccccc2)N(C)C1. The fourth-order valence-electron chi connectivity index (χ4n) is 6.36. The van der Waals surface area contributed by atoms with E-state index in [2.05, 4.69) is 12.2 Å². The minimum Gasteiger partial charge on any atom is -0.464 e. The van der Waals surface area contributed by atoms with Gasteiger partial charge in [0.15, 0.2) is 12.4 Å². The third-order valence-corrected chi connectivity index (χ3v) is 8.87. The number of nitrogens with zero attached hydrogens (tertiary/aromatic N) is 3. The summed E-state index contributed by atoms with van der Waals surface area (Å²) in [5.74, 6) is -1.19. The number of esters is 2. The third kappa shape index (κ3) is 12.7. The van der Waals surface area contributed by atoms with E-state index in [1.165, 1.54) is 4.90 Å². The first-order chi connectivity index (χ1) is 24.1. The van der Waals surface area contributed by atoms with Crippen molar-refractivity contribution in [1.29, 1.82) is 0 Å². The van der Waals surface area contributed by atoms with Crippen LogP contribution in [-0.2, 0) is 38.2 Å². The van der Waals surface area contributed by atoms with E-state index in [0.29, 0.717) is 43.7 Å². The summed E-state index contributed by atoms with van der Waals surface area (Å²) >= 11 is 0. The highest BCUT2D eigenvalue weighted by molar-refractivity contribution is 5.98. The molecule has 3 saturated heterocycles. The number of amides is 3. The van der Waals surface area contributed by atoms with Gasteiger partial charge in [-0.3, -0.25) is 33.8 Å². The summed E-state index contributed by atoms with van der Waals surface area (Å²) in [5.41, 5.74) is -0.138. The number of ether oxygens (including phenoxy) is 3. The summed E-state index contributed by atoms with van der Waals surface area (Å²) in [6.07, 6.45) is 4.39. The number of hydrogen-bond donors (Lipinski definition) is 1. The average Bonchev–Trinajstić information content (AvgIpc) is 3.72. The Labute approximate surface area is 300 Å². The second-order valence-corrected chi connectivity index (χ2v) is 14.5. The molecule has 4 rings (SSSR count). The van der Waals surface area contributed by atoms with Gasteiger partial charge >= 0.3 is 18.0 Å². The monoisotopic (exact) mass is 714 g/mol. The Kier molecular flexibility index (Phi) is 15.6. The zero-order valence-electron chi connectivity index (χ0n) is 30.8. The zero-order chi connectivity index (χ0) is 37.7. The van der Waals surface area contributed by atoms with E-state index >= 15 is 0 Å². The molecule has 3 amide bonds. The van der Waals surface area contributed by atoms with Crippen LogP contribution in [0.3, 0.4) is 0 Å². The van der Waals surface area contributed by atoms with Crippen molar-refractivity contribution in [3.63, 3.8) is 0 Å². The lowest BCUT2D eigenvalue weighted by Crippen LogP contribution is -2.58. The van der Waals surface area contributed by atoms with E-state index in [0.717, 1.165) is 32.2 Å². The summed E-state index contributed by atoms with van der Waals surface area (Å²) in [6, 6.07) is 6.58. The number of likely N-dealkylation sites (N-methyl/N-ethyl adjacent to an activating group) is 1. The molecule has 0 bridgehead atoms. The minimum atomic E-state index is -0.633. The maximum absolute atomic E-state index is 13.2. The molecule has 3 heterocycles. The van der Waals surface area contributed by atoms with E-state index in [1.807, 2.05) is 11.9 Å². The number of benzene rings is 1. The predicted octanol–water partition coefficient (Wildman–Crippen LogP) is 3.16. The number of rotatable bonds is 11. The van der Waals surface area contributed by atoms with Crippen LogP contribution in [0.2, 0.25) is 0 Å². The van der Waals surface area contributed by atoms with Crippen molar-refractivity contribution < 1.29 is 47.8 Å². The zero-order valence-corrected chi connectivity index (χ0v) is 30.8. The topological polar surface area (TPSA) is 169 Å². The maximum atomic E-state index is 13.2. The van der Waals surface area contributed by atoms with Crippen LogP contribution in [0.5, 0.6) is 0 Å². The molecular formula is C37H54N4O10. The molecular weight excluding hydrogens is 660 g/mol. The first-order valence-electron chi connectivity index (χ1n) is 17.8. The van der Waals surface area contributed by atoms with Crippen molar-refractivity contribution in [3.8, 4) is 0 Å². The number of aldehydes is 1. The molecule has 0 spiro atoms. The number of ketones is 1. The molecule has 51 heavy (non-hydrogen) atoms. The average molecular weight is 715 g/mol. The van der Waals surface area contributed by atoms with Crippen molar-refractivity contribution in [3.05, 3.63) is 35.9 Å². The van der Waals surface area contributed by atoms with Gasteiger partial charge in [0, 0.05) is 25.2 Å². The lowest BCUT2D eigenvalue weighted by molar-refractivity contribution is -0.152. The lowest BCUT2D eigenvalue weighted by Gasteiger charge is -2.38. The number of carbonyl (C=O) groups is 7. The second kappa shape index (κ2) is 19.3. The molecule has 282 valence electrons. The van der Waals surface area contributed by atoms with E-state index in [4.69, 9.17) is 14.2 Å². The molecule has 1 aromatic carbocycles. The highest BCUT2D eigenvalue weighted by Crippen LogP contribution is 2.26. The Morgan fingerprint density at radius 1 is 0.922 bits per heavy atom. The number of piperidine rings is 1. The molecule has 1 aromatic rings. The summed E-state index contributed by atoms with van der Waals surface area (Å²) < 4.78 is 15.5. The van der Waals surface area contributed by atoms with Crippen LogP contribution in [0.1, 0.15) is 89.9 Å². The van der Waals surface area contributed by atoms with Gasteiger partial charge in [-0.05, 0) is 79.2 Å². The Balaban J connectivity index is 0.000000277. The Bertz CT molecular complexity index is 1380. The number of likely N-dealkylation sites (tertiary alicyclic amines) is 3. The quantitative estimate of drug-likeness (QED) is 0.155. The Hall–Kier alpha value is -4.33. The maximum Gasteiger partial charge on any atom is 0.410 e. The van der Waals surface area contributed by atoms with Gasteiger partial charge in [-0.2, -0.15) is 0 Å². The van der Waals surface area contributed by atoms with Gasteiger partial charge < -0.3 is 29.2 Å². The first-order valence-corrected chi connectivity index (χ1v) is 17.8. The fourth-order valence-corrected chi connectivity index (χ4v) is 6.36. The van der Waals surface area contributed by atoms with E-state index in [-0.39, 0.29) is 49.2 Å². The fraction of sp³-hybridized carbons (Fsp3) is 0.649. The van der Waals surface area contributed by atoms with Crippen molar-refractivity contribution in [2.45, 2.75) is 109 Å². The van der Waals surface area contributed by atoms with Crippen LogP contribution in [0, 0.1) is 5.92 Å².